The second-order valence-corrected chi connectivity index (χ2v) is 4.06. The Kier molecular flexibility index (Phi) is 7.36. The monoisotopic (exact) mass is 276 g/mol. The second kappa shape index (κ2) is 9.10. The number of methoxy groups -OCH3 is 1. The first-order chi connectivity index (χ1) is 9.74. The number of amides is 1. The summed E-state index contributed by atoms with van der Waals surface area (Å²) < 4.78 is 4.98. The molecular formula is C15H20N2O3. The van der Waals surface area contributed by atoms with Gasteiger partial charge in [-0.2, -0.15) is 0 Å². The van der Waals surface area contributed by atoms with Gasteiger partial charge in [0.05, 0.1) is 25.3 Å². The maximum atomic E-state index is 12.5. The number of aliphatic hydroxyl groups excluding tert-OH is 1. The van der Waals surface area contributed by atoms with Gasteiger partial charge in [0, 0.05) is 25.8 Å². The van der Waals surface area contributed by atoms with Gasteiger partial charge >= 0.3 is 0 Å². The second-order valence-electron chi connectivity index (χ2n) is 4.06. The van der Waals surface area contributed by atoms with Crippen molar-refractivity contribution in [1.82, 2.24) is 4.90 Å². The summed E-state index contributed by atoms with van der Waals surface area (Å²) in [4.78, 5) is 14.0. The van der Waals surface area contributed by atoms with E-state index in [1.165, 1.54) is 0 Å². The third kappa shape index (κ3) is 4.67. The molecule has 3 N–H and O–H groups in total. The molecule has 0 unspecified atom stereocenters. The van der Waals surface area contributed by atoms with E-state index in [0.29, 0.717) is 24.3 Å². The summed E-state index contributed by atoms with van der Waals surface area (Å²) in [5, 5.41) is 9.06. The molecule has 0 radical (unpaired) electrons. The minimum Gasteiger partial charge on any atom is -0.395 e. The Bertz CT molecular complexity index is 491. The summed E-state index contributed by atoms with van der Waals surface area (Å²) in [6.07, 6.45) is 0. The van der Waals surface area contributed by atoms with Gasteiger partial charge in [0.25, 0.3) is 5.91 Å². The molecule has 0 heterocycles. The van der Waals surface area contributed by atoms with Gasteiger partial charge in [-0.3, -0.25) is 4.79 Å². The highest BCUT2D eigenvalue weighted by Gasteiger charge is 2.17. The van der Waals surface area contributed by atoms with Crippen LogP contribution in [0.1, 0.15) is 15.9 Å². The van der Waals surface area contributed by atoms with Crippen molar-refractivity contribution in [1.29, 1.82) is 0 Å². The van der Waals surface area contributed by atoms with Gasteiger partial charge in [0.15, 0.2) is 0 Å². The zero-order valence-corrected chi connectivity index (χ0v) is 11.6. The lowest BCUT2D eigenvalue weighted by molar-refractivity contribution is 0.0656. The number of ether oxygens (including phenoxy) is 1. The van der Waals surface area contributed by atoms with E-state index in [0.717, 1.165) is 0 Å². The lowest BCUT2D eigenvalue weighted by atomic mass is 10.1. The van der Waals surface area contributed by atoms with Gasteiger partial charge in [-0.25, -0.2) is 0 Å². The number of rotatable bonds is 6. The molecule has 0 aliphatic carbocycles. The largest absolute Gasteiger partial charge is 0.395 e. The molecular weight excluding hydrogens is 256 g/mol. The summed E-state index contributed by atoms with van der Waals surface area (Å²) in [5.41, 5.74) is 6.51. The molecule has 0 spiro atoms. The van der Waals surface area contributed by atoms with E-state index in [4.69, 9.17) is 15.6 Å². The summed E-state index contributed by atoms with van der Waals surface area (Å²) in [5.74, 6) is 5.47. The first-order valence-corrected chi connectivity index (χ1v) is 6.41. The number of carbonyl (C=O) groups excluding carboxylic acids is 1. The van der Waals surface area contributed by atoms with E-state index in [9.17, 15) is 4.79 Å². The van der Waals surface area contributed by atoms with E-state index >= 15 is 0 Å². The van der Waals surface area contributed by atoms with Gasteiger partial charge in [0.1, 0.15) is 0 Å². The van der Waals surface area contributed by atoms with Crippen molar-refractivity contribution in [2.75, 3.05) is 40.0 Å². The summed E-state index contributed by atoms with van der Waals surface area (Å²) in [6.45, 7) is 1.26. The van der Waals surface area contributed by atoms with Crippen LogP contribution in [-0.4, -0.2) is 55.9 Å². The lowest BCUT2D eigenvalue weighted by Gasteiger charge is -2.22. The standard InChI is InChI=1S/C15H20N2O3/c1-20-12-10-17(9-11-18)15(19)14-7-3-2-5-13(14)6-4-8-16/h2-3,5,7,18H,8-12,16H2,1H3. The topological polar surface area (TPSA) is 75.8 Å². The van der Waals surface area contributed by atoms with Gasteiger partial charge in [-0.05, 0) is 12.1 Å². The minimum atomic E-state index is -0.168. The van der Waals surface area contributed by atoms with E-state index in [2.05, 4.69) is 11.8 Å². The molecule has 1 aromatic carbocycles. The number of hydrogen-bond donors (Lipinski definition) is 2. The molecule has 0 aliphatic rings. The van der Waals surface area contributed by atoms with Gasteiger partial charge in [-0.15, -0.1) is 0 Å². The van der Waals surface area contributed by atoms with Crippen molar-refractivity contribution in [3.05, 3.63) is 35.4 Å². The van der Waals surface area contributed by atoms with Crippen LogP contribution >= 0.6 is 0 Å². The quantitative estimate of drug-likeness (QED) is 0.721. The predicted molar refractivity (Wildman–Crippen MR) is 77.2 cm³/mol. The molecule has 5 heteroatoms. The molecule has 20 heavy (non-hydrogen) atoms. The number of aliphatic hydroxyl groups is 1. The average Bonchev–Trinajstić information content (AvgIpc) is 2.49. The Morgan fingerprint density at radius 1 is 1.40 bits per heavy atom. The van der Waals surface area contributed by atoms with Crippen molar-refractivity contribution in [2.24, 2.45) is 5.73 Å². The summed E-state index contributed by atoms with van der Waals surface area (Å²) in [7, 11) is 1.57. The Labute approximate surface area is 119 Å². The van der Waals surface area contributed by atoms with Crippen molar-refractivity contribution in [2.45, 2.75) is 0 Å². The van der Waals surface area contributed by atoms with Gasteiger partial charge in [-0.1, -0.05) is 24.0 Å². The Hall–Kier alpha value is -1.87. The maximum absolute atomic E-state index is 12.5. The predicted octanol–water partition coefficient (Wildman–Crippen LogP) is 0.0777. The van der Waals surface area contributed by atoms with Crippen LogP contribution in [0.3, 0.4) is 0 Å². The number of nitrogens with two attached hydrogens (primary N) is 1. The minimum absolute atomic E-state index is 0.0912. The van der Waals surface area contributed by atoms with Gasteiger partial charge in [0.2, 0.25) is 0 Å². The average molecular weight is 276 g/mol. The van der Waals surface area contributed by atoms with Crippen LogP contribution in [0.2, 0.25) is 0 Å². The summed E-state index contributed by atoms with van der Waals surface area (Å²) in [6, 6.07) is 7.11. The van der Waals surface area contributed by atoms with Crippen molar-refractivity contribution < 1.29 is 14.6 Å². The number of carbonyl (C=O) groups is 1. The zero-order chi connectivity index (χ0) is 14.8. The Morgan fingerprint density at radius 2 is 2.15 bits per heavy atom. The molecule has 1 aromatic rings. The molecule has 0 aromatic heterocycles. The molecule has 0 saturated heterocycles. The first kappa shape index (κ1) is 16.2. The van der Waals surface area contributed by atoms with Crippen LogP contribution in [0.15, 0.2) is 24.3 Å². The fraction of sp³-hybridized carbons (Fsp3) is 0.400. The number of nitrogens with zero attached hydrogens (tertiary/aromatic N) is 1. The van der Waals surface area contributed by atoms with Crippen LogP contribution in [0.25, 0.3) is 0 Å². The normalized spacial score (nSPS) is 9.75. The third-order valence-electron chi connectivity index (χ3n) is 2.71. The Morgan fingerprint density at radius 3 is 2.80 bits per heavy atom. The molecule has 5 nitrogen and oxygen atoms in total. The van der Waals surface area contributed by atoms with Crippen LogP contribution in [0.5, 0.6) is 0 Å². The van der Waals surface area contributed by atoms with E-state index < -0.39 is 0 Å². The molecule has 1 amide bonds. The number of benzene rings is 1. The van der Waals surface area contributed by atoms with Crippen LogP contribution in [0.4, 0.5) is 0 Å². The molecule has 1 rings (SSSR count). The SMILES string of the molecule is COCCN(CCO)C(=O)c1ccccc1C#CCN. The summed E-state index contributed by atoms with van der Waals surface area (Å²) >= 11 is 0. The van der Waals surface area contributed by atoms with E-state index in [1.807, 2.05) is 6.07 Å². The molecule has 0 bridgehead atoms. The highest BCUT2D eigenvalue weighted by molar-refractivity contribution is 5.96. The van der Waals surface area contributed by atoms with E-state index in [-0.39, 0.29) is 25.6 Å². The smallest absolute Gasteiger partial charge is 0.255 e. The highest BCUT2D eigenvalue weighted by atomic mass is 16.5. The third-order valence-corrected chi connectivity index (χ3v) is 2.71. The molecule has 0 atom stereocenters. The lowest BCUT2D eigenvalue weighted by Crippen LogP contribution is -2.36. The van der Waals surface area contributed by atoms with Crippen molar-refractivity contribution in [3.63, 3.8) is 0 Å². The van der Waals surface area contributed by atoms with Crippen LogP contribution in [-0.2, 0) is 4.74 Å². The van der Waals surface area contributed by atoms with Crippen molar-refractivity contribution in [3.8, 4) is 11.8 Å². The van der Waals surface area contributed by atoms with Crippen LogP contribution in [0, 0.1) is 11.8 Å². The maximum Gasteiger partial charge on any atom is 0.255 e. The first-order valence-electron chi connectivity index (χ1n) is 6.41. The molecule has 0 fully saturated rings. The number of hydrogen-bond acceptors (Lipinski definition) is 4. The fourth-order valence-corrected chi connectivity index (χ4v) is 1.73. The molecule has 108 valence electrons. The highest BCUT2D eigenvalue weighted by Crippen LogP contribution is 2.11. The van der Waals surface area contributed by atoms with Crippen molar-refractivity contribution >= 4 is 5.91 Å². The molecule has 0 aliphatic heterocycles. The van der Waals surface area contributed by atoms with E-state index in [1.54, 1.807) is 30.2 Å². The van der Waals surface area contributed by atoms with Crippen LogP contribution < -0.4 is 5.73 Å². The zero-order valence-electron chi connectivity index (χ0n) is 11.6. The molecule has 0 saturated carbocycles. The fourth-order valence-electron chi connectivity index (χ4n) is 1.73. The van der Waals surface area contributed by atoms with Gasteiger partial charge < -0.3 is 20.5 Å². The Balaban J connectivity index is 2.98.